The summed E-state index contributed by atoms with van der Waals surface area (Å²) in [5.41, 5.74) is 1.44. The van der Waals surface area contributed by atoms with E-state index >= 15 is 0 Å². The van der Waals surface area contributed by atoms with Crippen molar-refractivity contribution in [1.29, 1.82) is 0 Å². The zero-order chi connectivity index (χ0) is 19.9. The van der Waals surface area contributed by atoms with Gasteiger partial charge in [0.2, 0.25) is 11.8 Å². The minimum Gasteiger partial charge on any atom is -0.497 e. The highest BCUT2D eigenvalue weighted by Gasteiger charge is 2.32. The van der Waals surface area contributed by atoms with E-state index in [1.165, 1.54) is 11.8 Å². The first kappa shape index (κ1) is 19.9. The second kappa shape index (κ2) is 9.38. The number of carbonyl (C=O) groups excluding carboxylic acids is 2. The van der Waals surface area contributed by atoms with Gasteiger partial charge in [-0.25, -0.2) is 0 Å². The number of halogens is 1. The summed E-state index contributed by atoms with van der Waals surface area (Å²) in [4.78, 5) is 24.3. The number of nitrogens with zero attached hydrogens (tertiary/aromatic N) is 2. The molecule has 0 saturated carbocycles. The molecular weight excluding hydrogens is 400 g/mol. The lowest BCUT2D eigenvalue weighted by molar-refractivity contribution is -0.122. The van der Waals surface area contributed by atoms with Crippen molar-refractivity contribution < 1.29 is 14.3 Å². The maximum atomic E-state index is 12.2. The third-order valence-electron chi connectivity index (χ3n) is 3.73. The number of hydrogen-bond donors (Lipinski definition) is 2. The number of benzene rings is 2. The predicted octanol–water partition coefficient (Wildman–Crippen LogP) is 3.30. The molecule has 144 valence electrons. The quantitative estimate of drug-likeness (QED) is 0.558. The Balaban J connectivity index is 1.54. The van der Waals surface area contributed by atoms with Crippen molar-refractivity contribution in [2.24, 2.45) is 10.2 Å². The van der Waals surface area contributed by atoms with Gasteiger partial charge in [-0.15, -0.1) is 5.10 Å². The van der Waals surface area contributed by atoms with Crippen LogP contribution in [-0.4, -0.2) is 35.6 Å². The number of nitrogens with one attached hydrogen (secondary N) is 2. The molecule has 2 N–H and O–H groups in total. The van der Waals surface area contributed by atoms with E-state index in [1.54, 1.807) is 61.9 Å². The molecule has 2 aromatic rings. The lowest BCUT2D eigenvalue weighted by Crippen LogP contribution is -2.28. The minimum atomic E-state index is -0.560. The van der Waals surface area contributed by atoms with Crippen LogP contribution >= 0.6 is 23.4 Å². The number of carbonyl (C=O) groups is 2. The molecule has 0 radical (unpaired) electrons. The Labute approximate surface area is 171 Å². The van der Waals surface area contributed by atoms with E-state index in [0.29, 0.717) is 21.6 Å². The minimum absolute atomic E-state index is 0.0215. The van der Waals surface area contributed by atoms with Gasteiger partial charge < -0.3 is 15.4 Å². The molecule has 9 heteroatoms. The topological polar surface area (TPSA) is 92.2 Å². The summed E-state index contributed by atoms with van der Waals surface area (Å²) in [5.74, 6) is 0.0943. The molecule has 1 aliphatic rings. The van der Waals surface area contributed by atoms with Crippen LogP contribution in [0, 0.1) is 0 Å². The Kier molecular flexibility index (Phi) is 6.67. The second-order valence-corrected chi connectivity index (χ2v) is 7.41. The predicted molar refractivity (Wildman–Crippen MR) is 112 cm³/mol. The maximum Gasteiger partial charge on any atom is 0.240 e. The van der Waals surface area contributed by atoms with Crippen LogP contribution in [0.3, 0.4) is 0 Å². The van der Waals surface area contributed by atoms with E-state index in [-0.39, 0.29) is 18.2 Å². The maximum absolute atomic E-state index is 12.2. The molecule has 1 saturated heterocycles. The highest BCUT2D eigenvalue weighted by atomic mass is 35.5. The smallest absolute Gasteiger partial charge is 0.240 e. The van der Waals surface area contributed by atoms with Gasteiger partial charge in [-0.1, -0.05) is 41.6 Å². The van der Waals surface area contributed by atoms with E-state index in [1.807, 2.05) is 0 Å². The van der Waals surface area contributed by atoms with E-state index in [4.69, 9.17) is 16.3 Å². The van der Waals surface area contributed by atoms with Crippen molar-refractivity contribution in [2.45, 2.75) is 11.7 Å². The molecule has 0 bridgehead atoms. The van der Waals surface area contributed by atoms with E-state index in [9.17, 15) is 9.59 Å². The van der Waals surface area contributed by atoms with Crippen molar-refractivity contribution in [3.8, 4) is 5.75 Å². The molecule has 0 aromatic heterocycles. The van der Waals surface area contributed by atoms with Crippen molar-refractivity contribution in [3.63, 3.8) is 0 Å². The first-order valence-corrected chi connectivity index (χ1v) is 9.57. The fourth-order valence-corrected chi connectivity index (χ4v) is 3.41. The Morgan fingerprint density at radius 1 is 1.32 bits per heavy atom. The van der Waals surface area contributed by atoms with Crippen LogP contribution < -0.4 is 15.4 Å². The van der Waals surface area contributed by atoms with Crippen molar-refractivity contribution in [2.75, 3.05) is 12.4 Å². The SMILES string of the molecule is COc1cccc(NC(=O)CC2SC(=NN=Cc3ccc(Cl)cc3)NC2=O)c1. The third-order valence-corrected chi connectivity index (χ3v) is 5.05. The molecule has 7 nitrogen and oxygen atoms in total. The van der Waals surface area contributed by atoms with Gasteiger partial charge in [-0.3, -0.25) is 9.59 Å². The Morgan fingerprint density at radius 3 is 2.86 bits per heavy atom. The van der Waals surface area contributed by atoms with Crippen LogP contribution in [0.25, 0.3) is 0 Å². The molecule has 28 heavy (non-hydrogen) atoms. The summed E-state index contributed by atoms with van der Waals surface area (Å²) in [6.07, 6.45) is 1.58. The normalized spacial score (nSPS) is 17.7. The summed E-state index contributed by atoms with van der Waals surface area (Å²) in [6.45, 7) is 0. The molecule has 1 heterocycles. The molecule has 2 aromatic carbocycles. The van der Waals surface area contributed by atoms with Crippen molar-refractivity contribution in [1.82, 2.24) is 5.32 Å². The van der Waals surface area contributed by atoms with Crippen LogP contribution in [0.5, 0.6) is 5.75 Å². The lowest BCUT2D eigenvalue weighted by Gasteiger charge is -2.08. The number of anilines is 1. The second-order valence-electron chi connectivity index (χ2n) is 5.78. The van der Waals surface area contributed by atoms with Crippen molar-refractivity contribution in [3.05, 3.63) is 59.1 Å². The fraction of sp³-hybridized carbons (Fsp3) is 0.158. The molecule has 3 rings (SSSR count). The standard InChI is InChI=1S/C19H17ClN4O3S/c1-27-15-4-2-3-14(9-15)22-17(25)10-16-18(26)23-19(28-16)24-21-11-12-5-7-13(20)8-6-12/h2-9,11,16H,10H2,1H3,(H,22,25)(H,23,24,26). The van der Waals surface area contributed by atoms with Crippen LogP contribution in [-0.2, 0) is 9.59 Å². The third kappa shape index (κ3) is 5.58. The summed E-state index contributed by atoms with van der Waals surface area (Å²) >= 11 is 7.00. The van der Waals surface area contributed by atoms with Crippen LogP contribution in [0.4, 0.5) is 5.69 Å². The summed E-state index contributed by atoms with van der Waals surface area (Å²) < 4.78 is 5.12. The first-order chi connectivity index (χ1) is 13.5. The fourth-order valence-electron chi connectivity index (χ4n) is 2.36. The molecule has 1 fully saturated rings. The zero-order valence-corrected chi connectivity index (χ0v) is 16.5. The number of hydrogen-bond acceptors (Lipinski definition) is 6. The summed E-state index contributed by atoms with van der Waals surface area (Å²) in [7, 11) is 1.55. The van der Waals surface area contributed by atoms with Gasteiger partial charge in [0.05, 0.1) is 13.3 Å². The zero-order valence-electron chi connectivity index (χ0n) is 14.9. The molecule has 1 unspecified atom stereocenters. The lowest BCUT2D eigenvalue weighted by atomic mass is 10.2. The molecule has 1 aliphatic heterocycles. The van der Waals surface area contributed by atoms with Crippen LogP contribution in [0.1, 0.15) is 12.0 Å². The van der Waals surface area contributed by atoms with Gasteiger partial charge in [-0.2, -0.15) is 5.10 Å². The largest absolute Gasteiger partial charge is 0.497 e. The first-order valence-electron chi connectivity index (χ1n) is 8.31. The summed E-state index contributed by atoms with van der Waals surface area (Å²) in [6, 6.07) is 14.1. The molecule has 2 amide bonds. The average molecular weight is 417 g/mol. The van der Waals surface area contributed by atoms with Gasteiger partial charge in [0.25, 0.3) is 0 Å². The molecule has 0 spiro atoms. The highest BCUT2D eigenvalue weighted by Crippen LogP contribution is 2.24. The Morgan fingerprint density at radius 2 is 2.11 bits per heavy atom. The molecular formula is C19H17ClN4O3S. The molecule has 0 aliphatic carbocycles. The number of amides is 2. The molecule has 1 atom stereocenters. The van der Waals surface area contributed by atoms with Gasteiger partial charge in [0.1, 0.15) is 11.0 Å². The number of thioether (sulfide) groups is 1. The van der Waals surface area contributed by atoms with E-state index in [2.05, 4.69) is 20.8 Å². The number of rotatable bonds is 6. The number of methoxy groups -OCH3 is 1. The van der Waals surface area contributed by atoms with Crippen LogP contribution in [0.15, 0.2) is 58.7 Å². The van der Waals surface area contributed by atoms with Crippen molar-refractivity contribution >= 4 is 52.2 Å². The van der Waals surface area contributed by atoms with Gasteiger partial charge in [0.15, 0.2) is 5.17 Å². The number of amidine groups is 1. The van der Waals surface area contributed by atoms with Gasteiger partial charge in [0, 0.05) is 23.2 Å². The monoisotopic (exact) mass is 416 g/mol. The summed E-state index contributed by atoms with van der Waals surface area (Å²) in [5, 5.41) is 13.8. The van der Waals surface area contributed by atoms with E-state index in [0.717, 1.165) is 5.56 Å². The number of ether oxygens (including phenoxy) is 1. The van der Waals surface area contributed by atoms with Crippen LogP contribution in [0.2, 0.25) is 5.02 Å². The Bertz CT molecular complexity index is 931. The van der Waals surface area contributed by atoms with Gasteiger partial charge in [-0.05, 0) is 29.8 Å². The highest BCUT2D eigenvalue weighted by molar-refractivity contribution is 8.15. The average Bonchev–Trinajstić information content (AvgIpc) is 3.02. The van der Waals surface area contributed by atoms with Gasteiger partial charge >= 0.3 is 0 Å². The van der Waals surface area contributed by atoms with E-state index < -0.39 is 5.25 Å². The Hall–Kier alpha value is -2.84.